The number of rotatable bonds is 13. The molecule has 1 aromatic heterocycles. The van der Waals surface area contributed by atoms with Gasteiger partial charge in [-0.05, 0) is 31.2 Å². The van der Waals surface area contributed by atoms with Gasteiger partial charge >= 0.3 is 0 Å². The van der Waals surface area contributed by atoms with Crippen LogP contribution in [0.2, 0.25) is 0 Å². The first-order chi connectivity index (χ1) is 16.6. The first-order valence-corrected chi connectivity index (χ1v) is 12.3. The lowest BCUT2D eigenvalue weighted by Gasteiger charge is -2.25. The summed E-state index contributed by atoms with van der Waals surface area (Å²) in [6.45, 7) is 10.0. The Morgan fingerprint density at radius 1 is 1.03 bits per heavy atom. The molecular weight excluding hydrogens is 448 g/mol. The summed E-state index contributed by atoms with van der Waals surface area (Å²) in [4.78, 5) is 43.1. The molecule has 2 amide bonds. The number of fused-ring (bicyclic) bond motifs is 1. The predicted octanol–water partition coefficient (Wildman–Crippen LogP) is 3.28. The summed E-state index contributed by atoms with van der Waals surface area (Å²) in [6, 6.07) is 2.50. The van der Waals surface area contributed by atoms with Gasteiger partial charge in [0, 0.05) is 12.1 Å². The summed E-state index contributed by atoms with van der Waals surface area (Å²) >= 11 is 0. The van der Waals surface area contributed by atoms with Gasteiger partial charge in [-0.25, -0.2) is 4.98 Å². The normalized spacial score (nSPS) is 13.8. The lowest BCUT2D eigenvalue weighted by molar-refractivity contribution is -0.131. The highest BCUT2D eigenvalue weighted by atomic mass is 16.5. The molecule has 0 aliphatic rings. The second kappa shape index (κ2) is 13.1. The van der Waals surface area contributed by atoms with Crippen molar-refractivity contribution >= 4 is 22.7 Å². The Labute approximate surface area is 207 Å². The van der Waals surface area contributed by atoms with Gasteiger partial charge in [0.1, 0.15) is 12.6 Å². The Morgan fingerprint density at radius 2 is 1.69 bits per heavy atom. The molecule has 0 radical (unpaired) electrons. The van der Waals surface area contributed by atoms with Crippen LogP contribution in [-0.4, -0.2) is 47.7 Å². The van der Waals surface area contributed by atoms with E-state index in [1.807, 2.05) is 20.8 Å². The SMILES string of the molecule is CC[C@H](C)[C@H](NC(=O)Cn1cnc2cc(OC)c(OC)cc2c1=O)C(=O)N[C@H](C)CCCC(C)C. The second-order valence-corrected chi connectivity index (χ2v) is 9.57. The average Bonchev–Trinajstić information content (AvgIpc) is 2.82. The zero-order chi connectivity index (χ0) is 26.1. The van der Waals surface area contributed by atoms with E-state index in [2.05, 4.69) is 29.5 Å². The number of methoxy groups -OCH3 is 2. The lowest BCUT2D eigenvalue weighted by atomic mass is 9.97. The van der Waals surface area contributed by atoms with Crippen molar-refractivity contribution in [2.24, 2.45) is 11.8 Å². The van der Waals surface area contributed by atoms with E-state index < -0.39 is 11.9 Å². The van der Waals surface area contributed by atoms with E-state index in [9.17, 15) is 14.4 Å². The Bertz CT molecular complexity index is 1070. The van der Waals surface area contributed by atoms with Crippen molar-refractivity contribution < 1.29 is 19.1 Å². The van der Waals surface area contributed by atoms with E-state index >= 15 is 0 Å². The molecule has 1 aromatic carbocycles. The molecule has 9 nitrogen and oxygen atoms in total. The van der Waals surface area contributed by atoms with Gasteiger partial charge in [0.15, 0.2) is 11.5 Å². The number of amides is 2. The molecule has 35 heavy (non-hydrogen) atoms. The van der Waals surface area contributed by atoms with Crippen LogP contribution in [0.5, 0.6) is 11.5 Å². The molecule has 1 heterocycles. The number of nitrogens with one attached hydrogen (secondary N) is 2. The standard InChI is InChI=1S/C26H40N4O5/c1-8-17(4)24(25(32)28-18(5)11-9-10-16(2)3)29-23(31)14-30-15-27-20-13-22(35-7)21(34-6)12-19(20)26(30)33/h12-13,15-18,24H,8-11,14H2,1-7H3,(H,28,32)(H,29,31)/t17-,18+,24-/m0/s1. The number of benzene rings is 1. The molecule has 3 atom stereocenters. The maximum absolute atomic E-state index is 13.0. The van der Waals surface area contributed by atoms with Crippen molar-refractivity contribution in [3.05, 3.63) is 28.8 Å². The van der Waals surface area contributed by atoms with Gasteiger partial charge in [0.05, 0.1) is 31.4 Å². The average molecular weight is 489 g/mol. The zero-order valence-electron chi connectivity index (χ0n) is 22.0. The van der Waals surface area contributed by atoms with E-state index in [1.54, 1.807) is 12.1 Å². The summed E-state index contributed by atoms with van der Waals surface area (Å²) in [5.74, 6) is 0.790. The van der Waals surface area contributed by atoms with Crippen LogP contribution < -0.4 is 25.7 Å². The minimum atomic E-state index is -0.687. The van der Waals surface area contributed by atoms with Crippen LogP contribution in [-0.2, 0) is 16.1 Å². The van der Waals surface area contributed by atoms with Gasteiger partial charge in [0.25, 0.3) is 5.56 Å². The van der Waals surface area contributed by atoms with E-state index in [-0.39, 0.29) is 30.0 Å². The summed E-state index contributed by atoms with van der Waals surface area (Å²) < 4.78 is 11.8. The van der Waals surface area contributed by atoms with Crippen LogP contribution in [0.3, 0.4) is 0 Å². The van der Waals surface area contributed by atoms with E-state index in [0.717, 1.165) is 25.7 Å². The van der Waals surface area contributed by atoms with E-state index in [1.165, 1.54) is 25.1 Å². The van der Waals surface area contributed by atoms with E-state index in [0.29, 0.717) is 28.3 Å². The lowest BCUT2D eigenvalue weighted by Crippen LogP contribution is -2.53. The summed E-state index contributed by atoms with van der Waals surface area (Å²) in [7, 11) is 2.99. The van der Waals surface area contributed by atoms with Crippen LogP contribution in [0, 0.1) is 11.8 Å². The Balaban J connectivity index is 2.14. The van der Waals surface area contributed by atoms with Gasteiger partial charge in [-0.2, -0.15) is 0 Å². The molecule has 9 heteroatoms. The molecule has 0 fully saturated rings. The number of hydrogen-bond acceptors (Lipinski definition) is 6. The Kier molecular flexibility index (Phi) is 10.5. The predicted molar refractivity (Wildman–Crippen MR) is 137 cm³/mol. The molecule has 0 saturated heterocycles. The minimum absolute atomic E-state index is 0.0176. The fraction of sp³-hybridized carbons (Fsp3) is 0.615. The van der Waals surface area contributed by atoms with Crippen molar-refractivity contribution in [3.8, 4) is 11.5 Å². The van der Waals surface area contributed by atoms with Gasteiger partial charge in [-0.3, -0.25) is 19.0 Å². The van der Waals surface area contributed by atoms with Crippen molar-refractivity contribution in [1.82, 2.24) is 20.2 Å². The van der Waals surface area contributed by atoms with Crippen LogP contribution in [0.25, 0.3) is 10.9 Å². The molecule has 0 aliphatic carbocycles. The molecule has 194 valence electrons. The van der Waals surface area contributed by atoms with Gasteiger partial charge in [0.2, 0.25) is 11.8 Å². The summed E-state index contributed by atoms with van der Waals surface area (Å²) in [6.07, 6.45) is 5.08. The molecule has 0 unspecified atom stereocenters. The molecule has 2 aromatic rings. The first kappa shape index (κ1) is 28.1. The van der Waals surface area contributed by atoms with Crippen LogP contribution >= 0.6 is 0 Å². The number of aromatic nitrogens is 2. The maximum Gasteiger partial charge on any atom is 0.261 e. The summed E-state index contributed by atoms with van der Waals surface area (Å²) in [5.41, 5.74) is 0.0574. The highest BCUT2D eigenvalue weighted by Gasteiger charge is 2.27. The topological polar surface area (TPSA) is 112 Å². The third-order valence-electron chi connectivity index (χ3n) is 6.26. The molecule has 0 saturated carbocycles. The maximum atomic E-state index is 13.0. The molecule has 2 rings (SSSR count). The fourth-order valence-corrected chi connectivity index (χ4v) is 3.91. The third kappa shape index (κ3) is 7.70. The monoisotopic (exact) mass is 488 g/mol. The number of carbonyl (C=O) groups excluding carboxylic acids is 2. The zero-order valence-corrected chi connectivity index (χ0v) is 22.0. The van der Waals surface area contributed by atoms with Gasteiger partial charge < -0.3 is 20.1 Å². The van der Waals surface area contributed by atoms with Gasteiger partial charge in [-0.15, -0.1) is 0 Å². The van der Waals surface area contributed by atoms with Crippen molar-refractivity contribution in [1.29, 1.82) is 0 Å². The van der Waals surface area contributed by atoms with Gasteiger partial charge in [-0.1, -0.05) is 47.0 Å². The second-order valence-electron chi connectivity index (χ2n) is 9.57. The Morgan fingerprint density at radius 3 is 2.29 bits per heavy atom. The molecule has 0 spiro atoms. The largest absolute Gasteiger partial charge is 0.493 e. The number of ether oxygens (including phenoxy) is 2. The fourth-order valence-electron chi connectivity index (χ4n) is 3.91. The number of nitrogens with zero attached hydrogens (tertiary/aromatic N) is 2. The first-order valence-electron chi connectivity index (χ1n) is 12.3. The molecule has 0 bridgehead atoms. The highest BCUT2D eigenvalue weighted by molar-refractivity contribution is 5.88. The third-order valence-corrected chi connectivity index (χ3v) is 6.26. The quantitative estimate of drug-likeness (QED) is 0.448. The number of carbonyl (C=O) groups is 2. The number of hydrogen-bond donors (Lipinski definition) is 2. The van der Waals surface area contributed by atoms with Crippen LogP contribution in [0.1, 0.15) is 60.3 Å². The molecule has 2 N–H and O–H groups in total. The van der Waals surface area contributed by atoms with Crippen molar-refractivity contribution in [2.75, 3.05) is 14.2 Å². The minimum Gasteiger partial charge on any atom is -0.493 e. The van der Waals surface area contributed by atoms with Crippen LogP contribution in [0.4, 0.5) is 0 Å². The smallest absolute Gasteiger partial charge is 0.261 e. The molecule has 0 aliphatic heterocycles. The van der Waals surface area contributed by atoms with Crippen molar-refractivity contribution in [3.63, 3.8) is 0 Å². The molecular formula is C26H40N4O5. The van der Waals surface area contributed by atoms with Crippen LogP contribution in [0.15, 0.2) is 23.3 Å². The van der Waals surface area contributed by atoms with Crippen molar-refractivity contribution in [2.45, 2.75) is 78.9 Å². The van der Waals surface area contributed by atoms with E-state index in [4.69, 9.17) is 9.47 Å². The summed E-state index contributed by atoms with van der Waals surface area (Å²) in [5, 5.41) is 6.18. The Hall–Kier alpha value is -3.10. The highest BCUT2D eigenvalue weighted by Crippen LogP contribution is 2.29.